The molecule has 0 radical (unpaired) electrons. The molecule has 0 saturated heterocycles. The molecule has 1 aromatic carbocycles. The Morgan fingerprint density at radius 3 is 1.92 bits per heavy atom. The maximum absolute atomic E-state index is 12.3. The van der Waals surface area contributed by atoms with E-state index in [2.05, 4.69) is 0 Å². The minimum absolute atomic E-state index is 0.136. The number of halogens is 4. The molecule has 0 aliphatic rings. The molecule has 0 fully saturated rings. The zero-order valence-electron chi connectivity index (χ0n) is 6.32. The second-order valence-corrected chi connectivity index (χ2v) is 2.81. The van der Waals surface area contributed by atoms with Gasteiger partial charge in [0.25, 0.3) is 0 Å². The highest BCUT2D eigenvalue weighted by Crippen LogP contribution is 2.40. The van der Waals surface area contributed by atoms with Gasteiger partial charge in [-0.2, -0.15) is 13.2 Å². The SMILES string of the molecule is Nc1ccc(N)c(C(F)(F)F)c1Cl. The fourth-order valence-electron chi connectivity index (χ4n) is 0.895. The summed E-state index contributed by atoms with van der Waals surface area (Å²) in [6, 6.07) is 2.30. The zero-order valence-corrected chi connectivity index (χ0v) is 7.08. The first kappa shape index (κ1) is 9.98. The largest absolute Gasteiger partial charge is 0.419 e. The third-order valence-electron chi connectivity index (χ3n) is 1.49. The van der Waals surface area contributed by atoms with Crippen LogP contribution >= 0.6 is 11.6 Å². The number of rotatable bonds is 0. The number of nitrogen functional groups attached to an aromatic ring is 2. The standard InChI is InChI=1S/C7H6ClF3N2/c8-6-4(13)2-1-3(12)5(6)7(9,10)11/h1-2H,12-13H2. The molecule has 0 heterocycles. The van der Waals surface area contributed by atoms with Crippen molar-refractivity contribution in [3.63, 3.8) is 0 Å². The molecular weight excluding hydrogens is 205 g/mol. The van der Waals surface area contributed by atoms with Crippen LogP contribution in [0.1, 0.15) is 5.56 Å². The topological polar surface area (TPSA) is 52.0 Å². The summed E-state index contributed by atoms with van der Waals surface area (Å²) in [7, 11) is 0. The minimum atomic E-state index is -4.57. The van der Waals surface area contributed by atoms with Crippen LogP contribution in [0.25, 0.3) is 0 Å². The molecule has 0 aliphatic heterocycles. The third kappa shape index (κ3) is 1.80. The summed E-state index contributed by atoms with van der Waals surface area (Å²) in [5.74, 6) is 0. The van der Waals surface area contributed by atoms with Gasteiger partial charge in [-0.15, -0.1) is 0 Å². The molecule has 0 bridgehead atoms. The molecular formula is C7H6ClF3N2. The second kappa shape index (κ2) is 2.99. The summed E-state index contributed by atoms with van der Waals surface area (Å²) in [4.78, 5) is 0. The molecule has 0 aliphatic carbocycles. The van der Waals surface area contributed by atoms with Crippen molar-refractivity contribution in [2.45, 2.75) is 6.18 Å². The van der Waals surface area contributed by atoms with Gasteiger partial charge >= 0.3 is 6.18 Å². The van der Waals surface area contributed by atoms with Gasteiger partial charge in [0, 0.05) is 5.69 Å². The van der Waals surface area contributed by atoms with E-state index >= 15 is 0 Å². The van der Waals surface area contributed by atoms with E-state index in [1.165, 1.54) is 6.07 Å². The van der Waals surface area contributed by atoms with Gasteiger partial charge in [-0.25, -0.2) is 0 Å². The maximum atomic E-state index is 12.3. The molecule has 1 rings (SSSR count). The van der Waals surface area contributed by atoms with Gasteiger partial charge in [0.15, 0.2) is 0 Å². The number of hydrogen-bond acceptors (Lipinski definition) is 2. The van der Waals surface area contributed by atoms with E-state index in [1.807, 2.05) is 0 Å². The van der Waals surface area contributed by atoms with Gasteiger partial charge in [-0.1, -0.05) is 11.6 Å². The van der Waals surface area contributed by atoms with Crippen LogP contribution in [0.3, 0.4) is 0 Å². The molecule has 6 heteroatoms. The fourth-order valence-corrected chi connectivity index (χ4v) is 1.17. The number of alkyl halides is 3. The van der Waals surface area contributed by atoms with Crippen LogP contribution in [0.4, 0.5) is 24.5 Å². The second-order valence-electron chi connectivity index (χ2n) is 2.43. The molecule has 4 N–H and O–H groups in total. The van der Waals surface area contributed by atoms with E-state index in [9.17, 15) is 13.2 Å². The first-order valence-corrected chi connectivity index (χ1v) is 3.62. The Morgan fingerprint density at radius 2 is 1.54 bits per heavy atom. The predicted molar refractivity (Wildman–Crippen MR) is 45.3 cm³/mol. The van der Waals surface area contributed by atoms with Crippen molar-refractivity contribution >= 4 is 23.0 Å². The smallest absolute Gasteiger partial charge is 0.398 e. The normalized spacial score (nSPS) is 11.7. The first-order chi connectivity index (χ1) is 5.84. The predicted octanol–water partition coefficient (Wildman–Crippen LogP) is 2.52. The van der Waals surface area contributed by atoms with Gasteiger partial charge in [-0.3, -0.25) is 0 Å². The van der Waals surface area contributed by atoms with Crippen molar-refractivity contribution in [2.24, 2.45) is 0 Å². The van der Waals surface area contributed by atoms with Gasteiger partial charge in [0.2, 0.25) is 0 Å². The van der Waals surface area contributed by atoms with Gasteiger partial charge in [0.05, 0.1) is 16.3 Å². The Kier molecular flexibility index (Phi) is 2.30. The molecule has 1 aromatic rings. The lowest BCUT2D eigenvalue weighted by Crippen LogP contribution is -2.10. The molecule has 2 nitrogen and oxygen atoms in total. The number of nitrogens with two attached hydrogens (primary N) is 2. The molecule has 0 amide bonds. The Balaban J connectivity index is 3.43. The maximum Gasteiger partial charge on any atom is 0.419 e. The van der Waals surface area contributed by atoms with Gasteiger partial charge in [0.1, 0.15) is 0 Å². The highest BCUT2D eigenvalue weighted by atomic mass is 35.5. The van der Waals surface area contributed by atoms with Crippen LogP contribution < -0.4 is 11.5 Å². The lowest BCUT2D eigenvalue weighted by molar-refractivity contribution is -0.136. The monoisotopic (exact) mass is 210 g/mol. The van der Waals surface area contributed by atoms with Crippen molar-refractivity contribution < 1.29 is 13.2 Å². The molecule has 0 saturated carbocycles. The average Bonchev–Trinajstić information content (AvgIpc) is 1.95. The van der Waals surface area contributed by atoms with Crippen molar-refractivity contribution in [2.75, 3.05) is 11.5 Å². The molecule has 13 heavy (non-hydrogen) atoms. The first-order valence-electron chi connectivity index (χ1n) is 3.24. The lowest BCUT2D eigenvalue weighted by Gasteiger charge is -2.12. The van der Waals surface area contributed by atoms with Crippen molar-refractivity contribution in [1.82, 2.24) is 0 Å². The fraction of sp³-hybridized carbons (Fsp3) is 0.143. The summed E-state index contributed by atoms with van der Waals surface area (Å²) in [6.45, 7) is 0. The van der Waals surface area contributed by atoms with Crippen LogP contribution in [0.15, 0.2) is 12.1 Å². The number of benzene rings is 1. The van der Waals surface area contributed by atoms with E-state index in [4.69, 9.17) is 23.1 Å². The highest BCUT2D eigenvalue weighted by molar-refractivity contribution is 6.34. The molecule has 0 spiro atoms. The lowest BCUT2D eigenvalue weighted by atomic mass is 10.1. The van der Waals surface area contributed by atoms with Crippen LogP contribution in [-0.4, -0.2) is 0 Å². The molecule has 72 valence electrons. The van der Waals surface area contributed by atoms with Gasteiger partial charge in [-0.05, 0) is 12.1 Å². The number of hydrogen-bond donors (Lipinski definition) is 2. The Labute approximate surface area is 77.3 Å². The van der Waals surface area contributed by atoms with E-state index in [-0.39, 0.29) is 5.69 Å². The van der Waals surface area contributed by atoms with Crippen LogP contribution in [0.2, 0.25) is 5.02 Å². The summed E-state index contributed by atoms with van der Waals surface area (Å²) in [5.41, 5.74) is 8.68. The van der Waals surface area contributed by atoms with Crippen molar-refractivity contribution in [1.29, 1.82) is 0 Å². The minimum Gasteiger partial charge on any atom is -0.398 e. The Hall–Kier alpha value is -1.10. The van der Waals surface area contributed by atoms with Crippen molar-refractivity contribution in [3.05, 3.63) is 22.7 Å². The Morgan fingerprint density at radius 1 is 1.08 bits per heavy atom. The van der Waals surface area contributed by atoms with Crippen molar-refractivity contribution in [3.8, 4) is 0 Å². The summed E-state index contributed by atoms with van der Waals surface area (Å²) >= 11 is 5.36. The van der Waals surface area contributed by atoms with E-state index in [0.29, 0.717) is 0 Å². The molecule has 0 aromatic heterocycles. The third-order valence-corrected chi connectivity index (χ3v) is 1.89. The summed E-state index contributed by atoms with van der Waals surface area (Å²) < 4.78 is 36.8. The van der Waals surface area contributed by atoms with Gasteiger partial charge < -0.3 is 11.5 Å². The summed E-state index contributed by atoms with van der Waals surface area (Å²) in [6.07, 6.45) is -4.57. The van der Waals surface area contributed by atoms with Crippen LogP contribution in [0, 0.1) is 0 Å². The highest BCUT2D eigenvalue weighted by Gasteiger charge is 2.36. The van der Waals surface area contributed by atoms with Crippen LogP contribution in [-0.2, 0) is 6.18 Å². The summed E-state index contributed by atoms with van der Waals surface area (Å²) in [5, 5.41) is -0.549. The zero-order chi connectivity index (χ0) is 10.2. The molecule has 0 unspecified atom stereocenters. The molecule has 0 atom stereocenters. The average molecular weight is 211 g/mol. The quantitative estimate of drug-likeness (QED) is 0.647. The van der Waals surface area contributed by atoms with E-state index < -0.39 is 22.4 Å². The van der Waals surface area contributed by atoms with Crippen LogP contribution in [0.5, 0.6) is 0 Å². The van der Waals surface area contributed by atoms with E-state index in [0.717, 1.165) is 6.07 Å². The van der Waals surface area contributed by atoms with E-state index in [1.54, 1.807) is 0 Å². The Bertz CT molecular complexity index is 335. The number of anilines is 2.